The summed E-state index contributed by atoms with van der Waals surface area (Å²) in [7, 11) is 0. The minimum absolute atomic E-state index is 0.139. The summed E-state index contributed by atoms with van der Waals surface area (Å²) in [6, 6.07) is 3.93. The Morgan fingerprint density at radius 2 is 2.50 bits per heavy atom. The minimum atomic E-state index is -0.139. The van der Waals surface area contributed by atoms with Gasteiger partial charge in [0.15, 0.2) is 0 Å². The SMILES string of the molecule is C=CC(=O)NCc1ccc(Br)s1. The van der Waals surface area contributed by atoms with Crippen LogP contribution in [0.4, 0.5) is 0 Å². The van der Waals surface area contributed by atoms with Crippen molar-refractivity contribution in [2.45, 2.75) is 6.54 Å². The highest BCUT2D eigenvalue weighted by Gasteiger charge is 1.98. The van der Waals surface area contributed by atoms with Gasteiger partial charge in [-0.25, -0.2) is 0 Å². The predicted molar refractivity (Wildman–Crippen MR) is 54.1 cm³/mol. The van der Waals surface area contributed by atoms with E-state index in [2.05, 4.69) is 27.8 Å². The Hall–Kier alpha value is -0.610. The minimum Gasteiger partial charge on any atom is -0.348 e. The largest absolute Gasteiger partial charge is 0.348 e. The van der Waals surface area contributed by atoms with Crippen LogP contribution in [0.15, 0.2) is 28.6 Å². The Labute approximate surface area is 83.4 Å². The van der Waals surface area contributed by atoms with Crippen LogP contribution < -0.4 is 5.32 Å². The first-order chi connectivity index (χ1) is 5.72. The van der Waals surface area contributed by atoms with Crippen LogP contribution in [0.1, 0.15) is 4.88 Å². The summed E-state index contributed by atoms with van der Waals surface area (Å²) in [5.74, 6) is -0.139. The van der Waals surface area contributed by atoms with Crippen molar-refractivity contribution in [2.75, 3.05) is 0 Å². The number of carbonyl (C=O) groups is 1. The van der Waals surface area contributed by atoms with Crippen LogP contribution in [0.3, 0.4) is 0 Å². The molecular weight excluding hydrogens is 238 g/mol. The Bertz CT molecular complexity index is 295. The summed E-state index contributed by atoms with van der Waals surface area (Å²) >= 11 is 4.95. The van der Waals surface area contributed by atoms with Crippen molar-refractivity contribution in [3.8, 4) is 0 Å². The maximum atomic E-state index is 10.8. The molecule has 1 amide bonds. The number of thiophene rings is 1. The van der Waals surface area contributed by atoms with Crippen molar-refractivity contribution in [1.29, 1.82) is 0 Å². The van der Waals surface area contributed by atoms with Gasteiger partial charge in [0.25, 0.3) is 0 Å². The predicted octanol–water partition coefficient (Wildman–Crippen LogP) is 2.31. The van der Waals surface area contributed by atoms with Crippen molar-refractivity contribution in [1.82, 2.24) is 5.32 Å². The lowest BCUT2D eigenvalue weighted by Crippen LogP contribution is -2.19. The van der Waals surface area contributed by atoms with Crippen molar-refractivity contribution in [2.24, 2.45) is 0 Å². The summed E-state index contributed by atoms with van der Waals surface area (Å²) < 4.78 is 1.07. The molecule has 1 rings (SSSR count). The molecule has 2 nitrogen and oxygen atoms in total. The molecule has 1 heterocycles. The van der Waals surface area contributed by atoms with Crippen LogP contribution >= 0.6 is 27.3 Å². The third-order valence-electron chi connectivity index (χ3n) is 1.25. The molecular formula is C8H8BrNOS. The average molecular weight is 246 g/mol. The lowest BCUT2D eigenvalue weighted by Gasteiger charge is -1.97. The molecule has 4 heteroatoms. The zero-order valence-electron chi connectivity index (χ0n) is 6.34. The first-order valence-electron chi connectivity index (χ1n) is 3.37. The number of amides is 1. The molecule has 0 unspecified atom stereocenters. The Morgan fingerprint density at radius 3 is 3.00 bits per heavy atom. The molecule has 0 aliphatic rings. The van der Waals surface area contributed by atoms with Crippen molar-refractivity contribution < 1.29 is 4.79 Å². The van der Waals surface area contributed by atoms with Gasteiger partial charge in [-0.1, -0.05) is 6.58 Å². The molecule has 12 heavy (non-hydrogen) atoms. The second-order valence-corrected chi connectivity index (χ2v) is 4.68. The third kappa shape index (κ3) is 2.79. The highest BCUT2D eigenvalue weighted by Crippen LogP contribution is 2.21. The van der Waals surface area contributed by atoms with Gasteiger partial charge in [-0.3, -0.25) is 4.79 Å². The summed E-state index contributed by atoms with van der Waals surface area (Å²) in [6.07, 6.45) is 1.27. The van der Waals surface area contributed by atoms with E-state index in [4.69, 9.17) is 0 Å². The molecule has 0 saturated carbocycles. The van der Waals surface area contributed by atoms with Gasteiger partial charge in [-0.15, -0.1) is 11.3 Å². The molecule has 0 aliphatic carbocycles. The molecule has 0 spiro atoms. The smallest absolute Gasteiger partial charge is 0.243 e. The summed E-state index contributed by atoms with van der Waals surface area (Å²) in [5, 5.41) is 2.69. The number of nitrogens with one attached hydrogen (secondary N) is 1. The van der Waals surface area contributed by atoms with Crippen LogP contribution in [0, 0.1) is 0 Å². The van der Waals surface area contributed by atoms with E-state index in [0.717, 1.165) is 8.66 Å². The Kier molecular flexibility index (Phi) is 3.49. The van der Waals surface area contributed by atoms with Crippen LogP contribution in [0.2, 0.25) is 0 Å². The van der Waals surface area contributed by atoms with Gasteiger partial charge in [0.1, 0.15) is 0 Å². The van der Waals surface area contributed by atoms with Crippen molar-refractivity contribution in [3.05, 3.63) is 33.5 Å². The molecule has 0 aromatic carbocycles. The van der Waals surface area contributed by atoms with Gasteiger partial charge in [0, 0.05) is 4.88 Å². The lowest BCUT2D eigenvalue weighted by molar-refractivity contribution is -0.116. The first-order valence-corrected chi connectivity index (χ1v) is 4.98. The van der Waals surface area contributed by atoms with E-state index in [0.29, 0.717) is 6.54 Å². The first kappa shape index (κ1) is 9.48. The zero-order valence-corrected chi connectivity index (χ0v) is 8.74. The fourth-order valence-electron chi connectivity index (χ4n) is 0.693. The molecule has 0 atom stereocenters. The maximum absolute atomic E-state index is 10.8. The second-order valence-electron chi connectivity index (χ2n) is 2.13. The number of hydrogen-bond donors (Lipinski definition) is 1. The zero-order chi connectivity index (χ0) is 8.97. The van der Waals surface area contributed by atoms with E-state index < -0.39 is 0 Å². The summed E-state index contributed by atoms with van der Waals surface area (Å²) in [4.78, 5) is 11.9. The number of hydrogen-bond acceptors (Lipinski definition) is 2. The maximum Gasteiger partial charge on any atom is 0.243 e. The van der Waals surface area contributed by atoms with Crippen LogP contribution in [0.25, 0.3) is 0 Å². The standard InChI is InChI=1S/C8H8BrNOS/c1-2-8(11)10-5-6-3-4-7(9)12-6/h2-4H,1,5H2,(H,10,11). The molecule has 0 saturated heterocycles. The highest BCUT2D eigenvalue weighted by atomic mass is 79.9. The molecule has 0 aliphatic heterocycles. The normalized spacial score (nSPS) is 9.42. The van der Waals surface area contributed by atoms with Gasteiger partial charge in [0.2, 0.25) is 5.91 Å². The van der Waals surface area contributed by atoms with E-state index in [9.17, 15) is 4.79 Å². The summed E-state index contributed by atoms with van der Waals surface area (Å²) in [5.41, 5.74) is 0. The van der Waals surface area contributed by atoms with E-state index in [1.54, 1.807) is 11.3 Å². The monoisotopic (exact) mass is 245 g/mol. The van der Waals surface area contributed by atoms with E-state index in [1.165, 1.54) is 6.08 Å². The number of rotatable bonds is 3. The third-order valence-corrected chi connectivity index (χ3v) is 2.87. The topological polar surface area (TPSA) is 29.1 Å². The summed E-state index contributed by atoms with van der Waals surface area (Å²) in [6.45, 7) is 3.93. The van der Waals surface area contributed by atoms with Crippen LogP contribution in [-0.2, 0) is 11.3 Å². The highest BCUT2D eigenvalue weighted by molar-refractivity contribution is 9.11. The molecule has 1 aromatic rings. The number of halogens is 1. The molecule has 0 radical (unpaired) electrons. The van der Waals surface area contributed by atoms with Gasteiger partial charge in [-0.05, 0) is 34.1 Å². The fraction of sp³-hybridized carbons (Fsp3) is 0.125. The van der Waals surface area contributed by atoms with Gasteiger partial charge in [0.05, 0.1) is 10.3 Å². The lowest BCUT2D eigenvalue weighted by atomic mass is 10.4. The second kappa shape index (κ2) is 4.42. The molecule has 1 N–H and O–H groups in total. The van der Waals surface area contributed by atoms with Gasteiger partial charge >= 0.3 is 0 Å². The van der Waals surface area contributed by atoms with E-state index in [-0.39, 0.29) is 5.91 Å². The fourth-order valence-corrected chi connectivity index (χ4v) is 2.12. The van der Waals surface area contributed by atoms with Crippen molar-refractivity contribution >= 4 is 33.2 Å². The number of carbonyl (C=O) groups excluding carboxylic acids is 1. The van der Waals surface area contributed by atoms with Crippen LogP contribution in [-0.4, -0.2) is 5.91 Å². The molecule has 64 valence electrons. The van der Waals surface area contributed by atoms with Gasteiger partial charge in [-0.2, -0.15) is 0 Å². The Balaban J connectivity index is 2.43. The average Bonchev–Trinajstić information content (AvgIpc) is 2.47. The Morgan fingerprint density at radius 1 is 1.75 bits per heavy atom. The quantitative estimate of drug-likeness (QED) is 0.814. The molecule has 0 fully saturated rings. The van der Waals surface area contributed by atoms with E-state index in [1.807, 2.05) is 12.1 Å². The molecule has 1 aromatic heterocycles. The molecule has 0 bridgehead atoms. The van der Waals surface area contributed by atoms with E-state index >= 15 is 0 Å². The van der Waals surface area contributed by atoms with Crippen molar-refractivity contribution in [3.63, 3.8) is 0 Å². The van der Waals surface area contributed by atoms with Gasteiger partial charge < -0.3 is 5.32 Å². The van der Waals surface area contributed by atoms with Crippen LogP contribution in [0.5, 0.6) is 0 Å².